The molecule has 3 heteroatoms. The Bertz CT molecular complexity index is 2900. The maximum absolute atomic E-state index is 6.73. The van der Waals surface area contributed by atoms with E-state index < -0.39 is 0 Å². The Hall–Kier alpha value is -6.97. The largest absolute Gasteiger partial charge is 0.452 e. The second-order valence-electron chi connectivity index (χ2n) is 13.2. The second-order valence-corrected chi connectivity index (χ2v) is 13.2. The van der Waals surface area contributed by atoms with Gasteiger partial charge in [0.2, 0.25) is 0 Å². The van der Waals surface area contributed by atoms with Gasteiger partial charge in [-0.25, -0.2) is 0 Å². The van der Waals surface area contributed by atoms with Crippen LogP contribution in [0.3, 0.4) is 0 Å². The fourth-order valence-corrected chi connectivity index (χ4v) is 7.53. The quantitative estimate of drug-likeness (QED) is 0.177. The summed E-state index contributed by atoms with van der Waals surface area (Å²) in [5, 5.41) is 5.82. The predicted octanol–water partition coefficient (Wildman–Crippen LogP) is 13.8. The van der Waals surface area contributed by atoms with Gasteiger partial charge in [0.15, 0.2) is 5.58 Å². The smallest absolute Gasteiger partial charge is 0.177 e. The molecule has 0 saturated carbocycles. The van der Waals surface area contributed by atoms with E-state index >= 15 is 0 Å². The van der Waals surface area contributed by atoms with E-state index in [4.69, 9.17) is 9.40 Å². The molecular formula is C49H32N2O. The lowest BCUT2D eigenvalue weighted by atomic mass is 9.96. The molecule has 0 radical (unpaired) electrons. The van der Waals surface area contributed by atoms with E-state index in [1.165, 1.54) is 27.5 Å². The molecule has 2 aromatic heterocycles. The Morgan fingerprint density at radius 2 is 0.981 bits per heavy atom. The molecular weight excluding hydrogens is 633 g/mol. The highest BCUT2D eigenvalue weighted by atomic mass is 16.3. The van der Waals surface area contributed by atoms with Crippen LogP contribution in [-0.2, 0) is 0 Å². The van der Waals surface area contributed by atoms with Crippen molar-refractivity contribution in [2.45, 2.75) is 0 Å². The molecule has 52 heavy (non-hydrogen) atoms. The first-order valence-electron chi connectivity index (χ1n) is 17.6. The zero-order valence-corrected chi connectivity index (χ0v) is 28.3. The molecule has 0 atom stereocenters. The van der Waals surface area contributed by atoms with Crippen molar-refractivity contribution in [2.24, 2.45) is 0 Å². The fourth-order valence-electron chi connectivity index (χ4n) is 7.53. The number of benzene rings is 8. The Labute approximate surface area is 301 Å². The van der Waals surface area contributed by atoms with Gasteiger partial charge in [-0.3, -0.25) is 4.98 Å². The van der Waals surface area contributed by atoms with Crippen LogP contribution in [0.4, 0.5) is 17.1 Å². The molecule has 10 aromatic rings. The molecule has 0 amide bonds. The lowest BCUT2D eigenvalue weighted by Crippen LogP contribution is -2.10. The van der Waals surface area contributed by atoms with Crippen molar-refractivity contribution in [3.8, 4) is 33.4 Å². The summed E-state index contributed by atoms with van der Waals surface area (Å²) >= 11 is 0. The first-order valence-corrected chi connectivity index (χ1v) is 17.6. The van der Waals surface area contributed by atoms with Gasteiger partial charge in [0.1, 0.15) is 11.1 Å². The number of furan rings is 1. The zero-order chi connectivity index (χ0) is 34.4. The van der Waals surface area contributed by atoms with Crippen molar-refractivity contribution in [3.05, 3.63) is 194 Å². The third-order valence-electron chi connectivity index (χ3n) is 10.1. The van der Waals surface area contributed by atoms with Gasteiger partial charge in [-0.05, 0) is 97.4 Å². The van der Waals surface area contributed by atoms with Gasteiger partial charge >= 0.3 is 0 Å². The maximum atomic E-state index is 6.73. The molecule has 2 heterocycles. The number of hydrogen-bond acceptors (Lipinski definition) is 3. The highest BCUT2D eigenvalue weighted by molar-refractivity contribution is 6.12. The zero-order valence-electron chi connectivity index (χ0n) is 28.3. The number of pyridine rings is 1. The molecule has 0 spiro atoms. The Balaban J connectivity index is 1.12. The molecule has 3 nitrogen and oxygen atoms in total. The molecule has 0 aliphatic carbocycles. The minimum absolute atomic E-state index is 0.753. The van der Waals surface area contributed by atoms with Crippen molar-refractivity contribution in [3.63, 3.8) is 0 Å². The minimum atomic E-state index is 0.753. The van der Waals surface area contributed by atoms with Gasteiger partial charge < -0.3 is 9.32 Å². The maximum Gasteiger partial charge on any atom is 0.177 e. The van der Waals surface area contributed by atoms with Gasteiger partial charge in [0.25, 0.3) is 0 Å². The summed E-state index contributed by atoms with van der Waals surface area (Å²) in [6, 6.07) is 66.8. The number of rotatable bonds is 6. The van der Waals surface area contributed by atoms with Crippen molar-refractivity contribution in [2.75, 3.05) is 4.90 Å². The van der Waals surface area contributed by atoms with Gasteiger partial charge in [0, 0.05) is 23.0 Å². The van der Waals surface area contributed by atoms with Crippen LogP contribution >= 0.6 is 0 Å². The molecule has 0 aliphatic heterocycles. The van der Waals surface area contributed by atoms with E-state index in [9.17, 15) is 0 Å². The summed E-state index contributed by atoms with van der Waals surface area (Å²) < 4.78 is 6.73. The lowest BCUT2D eigenvalue weighted by molar-refractivity contribution is 0.669. The number of fused-ring (bicyclic) bond motifs is 5. The number of anilines is 3. The van der Waals surface area contributed by atoms with Gasteiger partial charge in [-0.15, -0.1) is 0 Å². The van der Waals surface area contributed by atoms with Gasteiger partial charge in [0.05, 0.1) is 5.69 Å². The van der Waals surface area contributed by atoms with Crippen molar-refractivity contribution in [1.29, 1.82) is 0 Å². The Kier molecular flexibility index (Phi) is 7.14. The van der Waals surface area contributed by atoms with E-state index in [-0.39, 0.29) is 0 Å². The average molecular weight is 665 g/mol. The number of hydrogen-bond donors (Lipinski definition) is 0. The highest BCUT2D eigenvalue weighted by Gasteiger charge is 2.21. The molecule has 0 unspecified atom stereocenters. The standard InChI is InChI=1S/C49H32N2O/c1-2-11-33(12-3-1)37-17-8-19-41(29-37)51(46-27-28-50-48-45-31-39-14-4-5-15-40(39)32-47(45)52-49(46)48)42-20-9-18-38(30-42)34-23-25-36(26-24-34)44-22-10-16-35-13-6-7-21-43(35)44/h1-32H. The van der Waals surface area contributed by atoms with Crippen LogP contribution in [0.15, 0.2) is 199 Å². The van der Waals surface area contributed by atoms with Crippen LogP contribution in [0.2, 0.25) is 0 Å². The van der Waals surface area contributed by atoms with Crippen molar-refractivity contribution >= 4 is 60.7 Å². The SMILES string of the molecule is c1ccc(-c2cccc(N(c3cccc(-c4ccc(-c5cccc6ccccc56)cc4)c3)c3ccnc4c3oc3cc5ccccc5cc34)c2)cc1. The highest BCUT2D eigenvalue weighted by Crippen LogP contribution is 2.43. The lowest BCUT2D eigenvalue weighted by Gasteiger charge is -2.26. The van der Waals surface area contributed by atoms with Crippen LogP contribution in [0.25, 0.3) is 77.0 Å². The summed E-state index contributed by atoms with van der Waals surface area (Å²) in [5.41, 5.74) is 12.4. The van der Waals surface area contributed by atoms with Crippen molar-refractivity contribution < 1.29 is 4.42 Å². The number of aromatic nitrogens is 1. The van der Waals surface area contributed by atoms with Crippen LogP contribution in [0, 0.1) is 0 Å². The normalized spacial score (nSPS) is 11.5. The second kappa shape index (κ2) is 12.4. The molecule has 0 fully saturated rings. The average Bonchev–Trinajstić information content (AvgIpc) is 3.58. The summed E-state index contributed by atoms with van der Waals surface area (Å²) in [6.45, 7) is 0. The molecule has 244 valence electrons. The van der Waals surface area contributed by atoms with Crippen LogP contribution in [-0.4, -0.2) is 4.98 Å². The van der Waals surface area contributed by atoms with Gasteiger partial charge in [-0.1, -0.05) is 146 Å². The predicted molar refractivity (Wildman–Crippen MR) is 218 cm³/mol. The summed E-state index contributed by atoms with van der Waals surface area (Å²) in [7, 11) is 0. The van der Waals surface area contributed by atoms with E-state index in [1.807, 2.05) is 6.20 Å². The summed E-state index contributed by atoms with van der Waals surface area (Å²) in [6.07, 6.45) is 1.89. The molecule has 0 bridgehead atoms. The summed E-state index contributed by atoms with van der Waals surface area (Å²) in [5.74, 6) is 0. The van der Waals surface area contributed by atoms with Crippen LogP contribution < -0.4 is 4.90 Å². The Morgan fingerprint density at radius 3 is 1.73 bits per heavy atom. The monoisotopic (exact) mass is 664 g/mol. The van der Waals surface area contributed by atoms with Gasteiger partial charge in [-0.2, -0.15) is 0 Å². The first-order chi connectivity index (χ1) is 25.8. The molecule has 0 N–H and O–H groups in total. The molecule has 8 aromatic carbocycles. The Morgan fingerprint density at radius 1 is 0.404 bits per heavy atom. The van der Waals surface area contributed by atoms with Crippen LogP contribution in [0.1, 0.15) is 0 Å². The summed E-state index contributed by atoms with van der Waals surface area (Å²) in [4.78, 5) is 7.17. The first kappa shape index (κ1) is 29.9. The third kappa shape index (κ3) is 5.19. The molecule has 0 aliphatic rings. The third-order valence-corrected chi connectivity index (χ3v) is 10.1. The number of nitrogens with zero attached hydrogens (tertiary/aromatic N) is 2. The van der Waals surface area contributed by atoms with E-state index in [1.54, 1.807) is 0 Å². The minimum Gasteiger partial charge on any atom is -0.452 e. The van der Waals surface area contributed by atoms with E-state index in [0.29, 0.717) is 0 Å². The molecule has 10 rings (SSSR count). The molecule has 0 saturated heterocycles. The van der Waals surface area contributed by atoms with Crippen molar-refractivity contribution in [1.82, 2.24) is 4.98 Å². The van der Waals surface area contributed by atoms with E-state index in [2.05, 4.69) is 193 Å². The van der Waals surface area contributed by atoms with E-state index in [0.717, 1.165) is 66.6 Å². The fraction of sp³-hybridized carbons (Fsp3) is 0. The van der Waals surface area contributed by atoms with Crippen LogP contribution in [0.5, 0.6) is 0 Å². The topological polar surface area (TPSA) is 29.3 Å².